The predicted molar refractivity (Wildman–Crippen MR) is 79.2 cm³/mol. The van der Waals surface area contributed by atoms with Gasteiger partial charge in [0.05, 0.1) is 0 Å². The zero-order valence-corrected chi connectivity index (χ0v) is 12.9. The molecule has 17 heavy (non-hydrogen) atoms. The summed E-state index contributed by atoms with van der Waals surface area (Å²) in [6.07, 6.45) is 2.76. The maximum atomic E-state index is 12.1. The molecule has 0 aliphatic carbocycles. The molecule has 0 bridgehead atoms. The fourth-order valence-corrected chi connectivity index (χ4v) is 3.54. The zero-order chi connectivity index (χ0) is 13.1. The van der Waals surface area contributed by atoms with E-state index in [-0.39, 0.29) is 11.3 Å². The van der Waals surface area contributed by atoms with Crippen molar-refractivity contribution >= 4 is 34.2 Å². The summed E-state index contributed by atoms with van der Waals surface area (Å²) >= 11 is 6.87. The van der Waals surface area contributed by atoms with E-state index in [1.807, 2.05) is 0 Å². The van der Waals surface area contributed by atoms with E-state index in [4.69, 9.17) is 12.2 Å². The van der Waals surface area contributed by atoms with E-state index in [9.17, 15) is 4.79 Å². The largest absolute Gasteiger partial charge is 0.298 e. The van der Waals surface area contributed by atoms with Gasteiger partial charge >= 0.3 is 0 Å². The van der Waals surface area contributed by atoms with E-state index in [1.165, 1.54) is 0 Å². The van der Waals surface area contributed by atoms with Crippen molar-refractivity contribution in [3.63, 3.8) is 0 Å². The normalized spacial score (nSPS) is 19.3. The zero-order valence-electron chi connectivity index (χ0n) is 11.3. The lowest BCUT2D eigenvalue weighted by Crippen LogP contribution is -2.39. The summed E-state index contributed by atoms with van der Waals surface area (Å²) < 4.78 is 0.768. The van der Waals surface area contributed by atoms with Gasteiger partial charge in [-0.1, -0.05) is 51.7 Å². The molecule has 0 aromatic carbocycles. The number of carbonyl (C=O) groups excluding carboxylic acids is 1. The van der Waals surface area contributed by atoms with Gasteiger partial charge in [0, 0.05) is 18.7 Å². The highest BCUT2D eigenvalue weighted by atomic mass is 32.2. The van der Waals surface area contributed by atoms with Crippen molar-refractivity contribution in [1.29, 1.82) is 0 Å². The van der Waals surface area contributed by atoms with Crippen molar-refractivity contribution in [1.82, 2.24) is 4.90 Å². The standard InChI is InChI=1S/C13H23NOS2/c1-10(9-13(2,3)4)8-11(15)14-6-5-7-17-12(14)16/h10H,5-9H2,1-4H3. The molecule has 1 rings (SSSR count). The van der Waals surface area contributed by atoms with Gasteiger partial charge in [-0.25, -0.2) is 0 Å². The van der Waals surface area contributed by atoms with Crippen LogP contribution in [0.1, 0.15) is 47.0 Å². The monoisotopic (exact) mass is 273 g/mol. The Morgan fingerprint density at radius 3 is 2.71 bits per heavy atom. The number of rotatable bonds is 3. The minimum absolute atomic E-state index is 0.207. The SMILES string of the molecule is CC(CC(=O)N1CCCSC1=S)CC(C)(C)C. The minimum Gasteiger partial charge on any atom is -0.298 e. The van der Waals surface area contributed by atoms with E-state index in [2.05, 4.69) is 27.7 Å². The van der Waals surface area contributed by atoms with E-state index in [0.29, 0.717) is 12.3 Å². The number of hydrogen-bond acceptors (Lipinski definition) is 3. The molecule has 0 aromatic rings. The molecule has 1 unspecified atom stereocenters. The number of carbonyl (C=O) groups is 1. The van der Waals surface area contributed by atoms with Crippen LogP contribution in [-0.4, -0.2) is 27.4 Å². The average molecular weight is 273 g/mol. The summed E-state index contributed by atoms with van der Waals surface area (Å²) in [6.45, 7) is 9.62. The van der Waals surface area contributed by atoms with Gasteiger partial charge in [-0.3, -0.25) is 9.69 Å². The van der Waals surface area contributed by atoms with Crippen LogP contribution >= 0.6 is 24.0 Å². The first-order valence-electron chi connectivity index (χ1n) is 6.27. The van der Waals surface area contributed by atoms with Crippen LogP contribution in [0, 0.1) is 11.3 Å². The van der Waals surface area contributed by atoms with Gasteiger partial charge in [-0.15, -0.1) is 0 Å². The van der Waals surface area contributed by atoms with Crippen LogP contribution < -0.4 is 0 Å². The first kappa shape index (κ1) is 15.0. The van der Waals surface area contributed by atoms with Crippen LogP contribution in [0.2, 0.25) is 0 Å². The Morgan fingerprint density at radius 2 is 2.18 bits per heavy atom. The molecule has 1 aliphatic heterocycles. The van der Waals surface area contributed by atoms with Crippen LogP contribution in [0.4, 0.5) is 0 Å². The summed E-state index contributed by atoms with van der Waals surface area (Å²) in [4.78, 5) is 13.9. The quantitative estimate of drug-likeness (QED) is 0.731. The van der Waals surface area contributed by atoms with Crippen molar-refractivity contribution < 1.29 is 4.79 Å². The van der Waals surface area contributed by atoms with Crippen molar-refractivity contribution in [2.75, 3.05) is 12.3 Å². The summed E-state index contributed by atoms with van der Waals surface area (Å²) in [5.74, 6) is 1.69. The lowest BCUT2D eigenvalue weighted by atomic mass is 9.84. The highest BCUT2D eigenvalue weighted by Gasteiger charge is 2.25. The average Bonchev–Trinajstić information content (AvgIpc) is 2.14. The minimum atomic E-state index is 0.207. The number of nitrogens with zero attached hydrogens (tertiary/aromatic N) is 1. The Hall–Kier alpha value is -0.0900. The molecule has 1 aliphatic rings. The van der Waals surface area contributed by atoms with Crippen LogP contribution in [0.5, 0.6) is 0 Å². The molecule has 2 nitrogen and oxygen atoms in total. The fourth-order valence-electron chi connectivity index (χ4n) is 2.30. The molecular formula is C13H23NOS2. The second kappa shape index (κ2) is 6.19. The third-order valence-corrected chi connectivity index (χ3v) is 4.29. The molecule has 1 heterocycles. The van der Waals surface area contributed by atoms with Crippen molar-refractivity contribution in [2.24, 2.45) is 11.3 Å². The summed E-state index contributed by atoms with van der Waals surface area (Å²) in [5.41, 5.74) is 0.289. The van der Waals surface area contributed by atoms with Crippen LogP contribution in [0.3, 0.4) is 0 Å². The van der Waals surface area contributed by atoms with Gasteiger partial charge in [0.1, 0.15) is 4.32 Å². The molecular weight excluding hydrogens is 250 g/mol. The van der Waals surface area contributed by atoms with E-state index >= 15 is 0 Å². The molecule has 0 spiro atoms. The number of amides is 1. The van der Waals surface area contributed by atoms with E-state index < -0.39 is 0 Å². The number of hydrogen-bond donors (Lipinski definition) is 0. The second-order valence-corrected chi connectivity index (χ2v) is 7.82. The molecule has 0 N–H and O–H groups in total. The molecule has 4 heteroatoms. The van der Waals surface area contributed by atoms with Crippen molar-refractivity contribution in [3.8, 4) is 0 Å². The van der Waals surface area contributed by atoms with Gasteiger partial charge in [-0.2, -0.15) is 0 Å². The molecule has 1 saturated heterocycles. The molecule has 0 radical (unpaired) electrons. The first-order chi connectivity index (χ1) is 7.79. The molecule has 1 amide bonds. The molecule has 1 fully saturated rings. The van der Waals surface area contributed by atoms with Gasteiger partial charge in [0.25, 0.3) is 0 Å². The lowest BCUT2D eigenvalue weighted by molar-refractivity contribution is -0.128. The smallest absolute Gasteiger partial charge is 0.228 e. The Balaban J connectivity index is 2.45. The maximum absolute atomic E-state index is 12.1. The fraction of sp³-hybridized carbons (Fsp3) is 0.846. The van der Waals surface area contributed by atoms with Gasteiger partial charge in [0.15, 0.2) is 0 Å². The number of thioether (sulfide) groups is 1. The Labute approximate surface area is 115 Å². The summed E-state index contributed by atoms with van der Waals surface area (Å²) in [5, 5.41) is 0. The molecule has 0 aromatic heterocycles. The lowest BCUT2D eigenvalue weighted by Gasteiger charge is -2.29. The van der Waals surface area contributed by atoms with Crippen LogP contribution in [0.25, 0.3) is 0 Å². The molecule has 0 saturated carbocycles. The Morgan fingerprint density at radius 1 is 1.53 bits per heavy atom. The van der Waals surface area contributed by atoms with Gasteiger partial charge in [0.2, 0.25) is 5.91 Å². The Kier molecular flexibility index (Phi) is 5.45. The Bertz CT molecular complexity index is 296. The number of thiocarbonyl (C=S) groups is 1. The summed E-state index contributed by atoms with van der Waals surface area (Å²) in [6, 6.07) is 0. The van der Waals surface area contributed by atoms with Crippen molar-refractivity contribution in [3.05, 3.63) is 0 Å². The third-order valence-electron chi connectivity index (χ3n) is 2.76. The van der Waals surface area contributed by atoms with Crippen LogP contribution in [0.15, 0.2) is 0 Å². The maximum Gasteiger partial charge on any atom is 0.228 e. The van der Waals surface area contributed by atoms with Crippen LogP contribution in [-0.2, 0) is 4.79 Å². The third kappa shape index (κ3) is 5.38. The predicted octanol–water partition coefficient (Wildman–Crippen LogP) is 3.70. The highest BCUT2D eigenvalue weighted by molar-refractivity contribution is 8.23. The van der Waals surface area contributed by atoms with Gasteiger partial charge < -0.3 is 0 Å². The van der Waals surface area contributed by atoms with Crippen molar-refractivity contribution in [2.45, 2.75) is 47.0 Å². The molecule has 1 atom stereocenters. The van der Waals surface area contributed by atoms with Gasteiger partial charge in [-0.05, 0) is 24.2 Å². The highest BCUT2D eigenvalue weighted by Crippen LogP contribution is 2.27. The first-order valence-corrected chi connectivity index (χ1v) is 7.66. The molecule has 98 valence electrons. The topological polar surface area (TPSA) is 20.3 Å². The summed E-state index contributed by atoms with van der Waals surface area (Å²) in [7, 11) is 0. The second-order valence-electron chi connectivity index (χ2n) is 6.09. The van der Waals surface area contributed by atoms with E-state index in [0.717, 1.165) is 29.5 Å². The van der Waals surface area contributed by atoms with E-state index in [1.54, 1.807) is 16.7 Å².